The summed E-state index contributed by atoms with van der Waals surface area (Å²) >= 11 is 0. The van der Waals surface area contributed by atoms with Crippen LogP contribution in [-0.2, 0) is 17.7 Å². The van der Waals surface area contributed by atoms with E-state index in [0.717, 1.165) is 43.3 Å². The van der Waals surface area contributed by atoms with Gasteiger partial charge in [-0.05, 0) is 23.6 Å². The third-order valence-electron chi connectivity index (χ3n) is 4.34. The van der Waals surface area contributed by atoms with Gasteiger partial charge in [0.15, 0.2) is 0 Å². The first-order chi connectivity index (χ1) is 11.3. The van der Waals surface area contributed by atoms with Crippen LogP contribution in [0.3, 0.4) is 0 Å². The molecule has 1 atom stereocenters. The minimum absolute atomic E-state index is 0.305. The summed E-state index contributed by atoms with van der Waals surface area (Å²) in [6, 6.07) is 8.28. The molecule has 1 unspecified atom stereocenters. The first kappa shape index (κ1) is 14.3. The van der Waals surface area contributed by atoms with E-state index in [4.69, 9.17) is 15.2 Å². The van der Waals surface area contributed by atoms with Gasteiger partial charge in [-0.3, -0.25) is 0 Å². The second kappa shape index (κ2) is 6.04. The SMILES string of the molecule is Nc1nc(NCc2ccc3c(c2)CCO3)cc(C2CCOC2)n1. The van der Waals surface area contributed by atoms with Crippen LogP contribution < -0.4 is 15.8 Å². The number of nitrogen functional groups attached to an aromatic ring is 1. The Morgan fingerprint density at radius 3 is 3.04 bits per heavy atom. The van der Waals surface area contributed by atoms with Gasteiger partial charge in [-0.1, -0.05) is 12.1 Å². The number of fused-ring (bicyclic) bond motifs is 1. The lowest BCUT2D eigenvalue weighted by Gasteiger charge is -2.12. The average Bonchev–Trinajstić information content (AvgIpc) is 3.23. The fourth-order valence-corrected chi connectivity index (χ4v) is 3.10. The smallest absolute Gasteiger partial charge is 0.222 e. The van der Waals surface area contributed by atoms with Gasteiger partial charge in [-0.15, -0.1) is 0 Å². The van der Waals surface area contributed by atoms with E-state index in [1.54, 1.807) is 0 Å². The highest BCUT2D eigenvalue weighted by molar-refractivity contribution is 5.44. The quantitative estimate of drug-likeness (QED) is 0.900. The number of rotatable bonds is 4. The fourth-order valence-electron chi connectivity index (χ4n) is 3.10. The lowest BCUT2D eigenvalue weighted by atomic mass is 10.0. The summed E-state index contributed by atoms with van der Waals surface area (Å²) in [5.74, 6) is 2.39. The van der Waals surface area contributed by atoms with Crippen LogP contribution in [0.15, 0.2) is 24.3 Å². The van der Waals surface area contributed by atoms with Crippen molar-refractivity contribution in [2.24, 2.45) is 0 Å². The molecule has 0 saturated carbocycles. The molecule has 2 aliphatic heterocycles. The van der Waals surface area contributed by atoms with Crippen LogP contribution in [0.1, 0.15) is 29.2 Å². The van der Waals surface area contributed by atoms with E-state index in [0.29, 0.717) is 25.0 Å². The number of benzene rings is 1. The van der Waals surface area contributed by atoms with Crippen molar-refractivity contribution >= 4 is 11.8 Å². The molecule has 0 bridgehead atoms. The standard InChI is InChI=1S/C17H20N4O2/c18-17-20-14(13-3-5-22-10-13)8-16(21-17)19-9-11-1-2-15-12(7-11)4-6-23-15/h1-2,7-8,13H,3-6,9-10H2,(H3,18,19,20,21). The fraction of sp³-hybridized carbons (Fsp3) is 0.412. The summed E-state index contributed by atoms with van der Waals surface area (Å²) in [4.78, 5) is 8.63. The number of hydrogen-bond donors (Lipinski definition) is 2. The number of aromatic nitrogens is 2. The molecule has 2 aromatic rings. The molecule has 120 valence electrons. The highest BCUT2D eigenvalue weighted by Crippen LogP contribution is 2.27. The molecule has 0 amide bonds. The van der Waals surface area contributed by atoms with E-state index in [2.05, 4.69) is 27.4 Å². The molecule has 1 saturated heterocycles. The van der Waals surface area contributed by atoms with Crippen LogP contribution >= 0.6 is 0 Å². The maximum Gasteiger partial charge on any atom is 0.222 e. The molecule has 23 heavy (non-hydrogen) atoms. The van der Waals surface area contributed by atoms with Gasteiger partial charge in [0, 0.05) is 31.6 Å². The van der Waals surface area contributed by atoms with Crippen molar-refractivity contribution < 1.29 is 9.47 Å². The molecule has 1 aromatic carbocycles. The summed E-state index contributed by atoms with van der Waals surface area (Å²) in [5, 5.41) is 3.34. The first-order valence-electron chi connectivity index (χ1n) is 7.98. The van der Waals surface area contributed by atoms with Crippen LogP contribution in [0.5, 0.6) is 5.75 Å². The maximum atomic E-state index is 5.85. The van der Waals surface area contributed by atoms with Crippen molar-refractivity contribution in [3.63, 3.8) is 0 Å². The summed E-state index contributed by atoms with van der Waals surface area (Å²) in [5.41, 5.74) is 9.29. The van der Waals surface area contributed by atoms with Crippen LogP contribution in [-0.4, -0.2) is 29.8 Å². The van der Waals surface area contributed by atoms with Crippen molar-refractivity contribution in [3.05, 3.63) is 41.1 Å². The van der Waals surface area contributed by atoms with Crippen molar-refractivity contribution in [2.75, 3.05) is 30.9 Å². The minimum Gasteiger partial charge on any atom is -0.493 e. The molecule has 3 N–H and O–H groups in total. The Morgan fingerprint density at radius 2 is 2.17 bits per heavy atom. The van der Waals surface area contributed by atoms with Gasteiger partial charge < -0.3 is 20.5 Å². The third kappa shape index (κ3) is 3.07. The summed E-state index contributed by atoms with van der Waals surface area (Å²) in [7, 11) is 0. The van der Waals surface area contributed by atoms with E-state index in [1.165, 1.54) is 11.1 Å². The van der Waals surface area contributed by atoms with Crippen molar-refractivity contribution in [2.45, 2.75) is 25.3 Å². The second-order valence-electron chi connectivity index (χ2n) is 5.99. The molecule has 4 rings (SSSR count). The van der Waals surface area contributed by atoms with Crippen LogP contribution in [0.4, 0.5) is 11.8 Å². The summed E-state index contributed by atoms with van der Waals surface area (Å²) in [6.45, 7) is 2.97. The largest absolute Gasteiger partial charge is 0.493 e. The zero-order valence-corrected chi connectivity index (χ0v) is 12.9. The minimum atomic E-state index is 0.305. The monoisotopic (exact) mass is 312 g/mol. The number of nitrogens with zero attached hydrogens (tertiary/aromatic N) is 2. The zero-order chi connectivity index (χ0) is 15.6. The average molecular weight is 312 g/mol. The zero-order valence-electron chi connectivity index (χ0n) is 12.9. The molecule has 6 heteroatoms. The molecular weight excluding hydrogens is 292 g/mol. The Hall–Kier alpha value is -2.34. The summed E-state index contributed by atoms with van der Waals surface area (Å²) in [6.07, 6.45) is 1.97. The molecule has 1 fully saturated rings. The molecule has 1 aromatic heterocycles. The molecule has 0 aliphatic carbocycles. The van der Waals surface area contributed by atoms with Gasteiger partial charge in [0.1, 0.15) is 11.6 Å². The van der Waals surface area contributed by atoms with Gasteiger partial charge in [0.25, 0.3) is 0 Å². The van der Waals surface area contributed by atoms with E-state index in [-0.39, 0.29) is 0 Å². The van der Waals surface area contributed by atoms with Gasteiger partial charge >= 0.3 is 0 Å². The van der Waals surface area contributed by atoms with E-state index < -0.39 is 0 Å². The van der Waals surface area contributed by atoms with E-state index in [9.17, 15) is 0 Å². The van der Waals surface area contributed by atoms with Crippen molar-refractivity contribution in [1.29, 1.82) is 0 Å². The third-order valence-corrected chi connectivity index (χ3v) is 4.34. The highest BCUT2D eigenvalue weighted by atomic mass is 16.5. The topological polar surface area (TPSA) is 82.3 Å². The lowest BCUT2D eigenvalue weighted by Crippen LogP contribution is -2.09. The summed E-state index contributed by atoms with van der Waals surface area (Å²) < 4.78 is 11.0. The molecule has 2 aliphatic rings. The van der Waals surface area contributed by atoms with E-state index in [1.807, 2.05) is 12.1 Å². The lowest BCUT2D eigenvalue weighted by molar-refractivity contribution is 0.193. The van der Waals surface area contributed by atoms with Crippen molar-refractivity contribution in [3.8, 4) is 5.75 Å². The van der Waals surface area contributed by atoms with Gasteiger partial charge in [-0.2, -0.15) is 4.98 Å². The predicted octanol–water partition coefficient (Wildman–Crippen LogP) is 2.11. The number of nitrogens with one attached hydrogen (secondary N) is 1. The Labute approximate surface area is 135 Å². The highest BCUT2D eigenvalue weighted by Gasteiger charge is 2.20. The number of ether oxygens (including phenoxy) is 2. The maximum absolute atomic E-state index is 5.85. The molecule has 0 spiro atoms. The number of nitrogens with two attached hydrogens (primary N) is 1. The van der Waals surface area contributed by atoms with Crippen LogP contribution in [0.2, 0.25) is 0 Å². The molecule has 3 heterocycles. The number of hydrogen-bond acceptors (Lipinski definition) is 6. The first-order valence-corrected chi connectivity index (χ1v) is 7.98. The van der Waals surface area contributed by atoms with E-state index >= 15 is 0 Å². The van der Waals surface area contributed by atoms with Crippen molar-refractivity contribution in [1.82, 2.24) is 9.97 Å². The normalized spacial score (nSPS) is 19.4. The Bertz CT molecular complexity index is 714. The molecular formula is C17H20N4O2. The van der Waals surface area contributed by atoms with Gasteiger partial charge in [0.05, 0.1) is 18.9 Å². The predicted molar refractivity (Wildman–Crippen MR) is 87.6 cm³/mol. The Kier molecular flexibility index (Phi) is 3.75. The number of anilines is 2. The molecule has 6 nitrogen and oxygen atoms in total. The second-order valence-corrected chi connectivity index (χ2v) is 5.99. The van der Waals surface area contributed by atoms with Crippen LogP contribution in [0.25, 0.3) is 0 Å². The molecule has 0 radical (unpaired) electrons. The Morgan fingerprint density at radius 1 is 1.22 bits per heavy atom. The van der Waals surface area contributed by atoms with Gasteiger partial charge in [-0.25, -0.2) is 4.98 Å². The van der Waals surface area contributed by atoms with Crippen LogP contribution in [0, 0.1) is 0 Å². The Balaban J connectivity index is 1.48. The van der Waals surface area contributed by atoms with Gasteiger partial charge in [0.2, 0.25) is 5.95 Å².